The molecule has 4 nitrogen and oxygen atoms in total. The average molecular weight is 288 g/mol. The molecular weight excluding hydrogens is 260 g/mol. The van der Waals surface area contributed by atoms with E-state index in [1.54, 1.807) is 11.4 Å². The molecule has 2 aliphatic carbocycles. The van der Waals surface area contributed by atoms with Crippen molar-refractivity contribution in [2.45, 2.75) is 77.3 Å². The molecule has 19 heavy (non-hydrogen) atoms. The quantitative estimate of drug-likeness (QED) is 0.864. The highest BCUT2D eigenvalue weighted by Gasteiger charge is 2.35. The summed E-state index contributed by atoms with van der Waals surface area (Å²) in [4.78, 5) is 0. The van der Waals surface area contributed by atoms with Crippen LogP contribution in [-0.2, 0) is 10.2 Å². The highest BCUT2D eigenvalue weighted by molar-refractivity contribution is 7.87. The number of nitrogens with one attached hydrogen (secondary N) is 1. The van der Waals surface area contributed by atoms with E-state index in [0.29, 0.717) is 0 Å². The van der Waals surface area contributed by atoms with E-state index < -0.39 is 10.2 Å². The third-order valence-electron chi connectivity index (χ3n) is 4.75. The van der Waals surface area contributed by atoms with Crippen LogP contribution < -0.4 is 4.72 Å². The summed E-state index contributed by atoms with van der Waals surface area (Å²) in [7, 11) is -1.58. The van der Waals surface area contributed by atoms with E-state index in [0.717, 1.165) is 44.9 Å². The Morgan fingerprint density at radius 3 is 2.26 bits per heavy atom. The van der Waals surface area contributed by atoms with Crippen molar-refractivity contribution in [1.82, 2.24) is 9.03 Å². The molecule has 0 saturated heterocycles. The molecule has 0 radical (unpaired) electrons. The third kappa shape index (κ3) is 3.92. The van der Waals surface area contributed by atoms with E-state index in [-0.39, 0.29) is 17.5 Å². The smallest absolute Gasteiger partial charge is 0.199 e. The molecule has 0 aromatic heterocycles. The zero-order valence-electron chi connectivity index (χ0n) is 12.5. The maximum atomic E-state index is 12.4. The summed E-state index contributed by atoms with van der Waals surface area (Å²) in [5.74, 6) is 0. The average Bonchev–Trinajstić information content (AvgIpc) is 2.68. The van der Waals surface area contributed by atoms with Gasteiger partial charge in [0.05, 0.1) is 0 Å². The molecule has 1 unspecified atom stereocenters. The van der Waals surface area contributed by atoms with Crippen LogP contribution in [0, 0.1) is 5.41 Å². The summed E-state index contributed by atoms with van der Waals surface area (Å²) in [6.45, 7) is 4.43. The minimum Gasteiger partial charge on any atom is -0.199 e. The molecule has 5 heteroatoms. The standard InChI is InChI=1S/C14H28N2O2S/c1-14(2)10-9-12(11-14)15-19(17,18)16(3)13-7-5-4-6-8-13/h12-13,15H,4-11H2,1-3H3. The van der Waals surface area contributed by atoms with Crippen molar-refractivity contribution in [1.29, 1.82) is 0 Å². The monoisotopic (exact) mass is 288 g/mol. The lowest BCUT2D eigenvalue weighted by molar-refractivity contribution is 0.280. The molecule has 2 fully saturated rings. The molecule has 0 aliphatic heterocycles. The topological polar surface area (TPSA) is 49.4 Å². The van der Waals surface area contributed by atoms with Gasteiger partial charge in [-0.15, -0.1) is 0 Å². The zero-order chi connectivity index (χ0) is 14.1. The first-order chi connectivity index (χ1) is 8.80. The lowest BCUT2D eigenvalue weighted by atomic mass is 9.92. The minimum atomic E-state index is -3.31. The van der Waals surface area contributed by atoms with Crippen molar-refractivity contribution in [3.8, 4) is 0 Å². The van der Waals surface area contributed by atoms with Crippen molar-refractivity contribution in [3.63, 3.8) is 0 Å². The Morgan fingerprint density at radius 1 is 1.11 bits per heavy atom. The lowest BCUT2D eigenvalue weighted by Crippen LogP contribution is -2.47. The number of hydrogen-bond donors (Lipinski definition) is 1. The fraction of sp³-hybridized carbons (Fsp3) is 1.00. The molecule has 0 amide bonds. The molecular formula is C14H28N2O2S. The third-order valence-corrected chi connectivity index (χ3v) is 6.44. The first-order valence-electron chi connectivity index (χ1n) is 7.55. The van der Waals surface area contributed by atoms with Gasteiger partial charge in [-0.3, -0.25) is 0 Å². The van der Waals surface area contributed by atoms with Crippen molar-refractivity contribution in [3.05, 3.63) is 0 Å². The summed E-state index contributed by atoms with van der Waals surface area (Å²) in [6, 6.07) is 0.312. The Balaban J connectivity index is 1.94. The van der Waals surface area contributed by atoms with Crippen LogP contribution in [0.15, 0.2) is 0 Å². The predicted octanol–water partition coefficient (Wildman–Crippen LogP) is 2.66. The Hall–Kier alpha value is -0.130. The fourth-order valence-electron chi connectivity index (χ4n) is 3.47. The molecule has 0 spiro atoms. The Bertz CT molecular complexity index is 400. The molecule has 1 N–H and O–H groups in total. The predicted molar refractivity (Wildman–Crippen MR) is 78.1 cm³/mol. The van der Waals surface area contributed by atoms with E-state index in [1.165, 1.54) is 6.42 Å². The van der Waals surface area contributed by atoms with Gasteiger partial charge in [-0.1, -0.05) is 33.1 Å². The van der Waals surface area contributed by atoms with Gasteiger partial charge in [-0.2, -0.15) is 17.4 Å². The minimum absolute atomic E-state index is 0.117. The molecule has 1 atom stereocenters. The molecule has 2 rings (SSSR count). The van der Waals surface area contributed by atoms with Gasteiger partial charge in [-0.05, 0) is 37.5 Å². The second-order valence-corrected chi connectivity index (χ2v) is 8.80. The summed E-state index contributed by atoms with van der Waals surface area (Å²) in [5.41, 5.74) is 0.274. The summed E-state index contributed by atoms with van der Waals surface area (Å²) in [5, 5.41) is 0. The normalized spacial score (nSPS) is 28.9. The molecule has 0 aromatic carbocycles. The van der Waals surface area contributed by atoms with Gasteiger partial charge >= 0.3 is 0 Å². The summed E-state index contributed by atoms with van der Waals surface area (Å²) in [6.07, 6.45) is 8.58. The maximum absolute atomic E-state index is 12.4. The van der Waals surface area contributed by atoms with Gasteiger partial charge in [0.25, 0.3) is 10.2 Å². The molecule has 0 aromatic rings. The van der Waals surface area contributed by atoms with E-state index in [9.17, 15) is 8.42 Å². The van der Waals surface area contributed by atoms with Crippen LogP contribution in [0.2, 0.25) is 0 Å². The van der Waals surface area contributed by atoms with E-state index in [4.69, 9.17) is 0 Å². The Kier molecular flexibility index (Phi) is 4.58. The van der Waals surface area contributed by atoms with E-state index in [2.05, 4.69) is 18.6 Å². The van der Waals surface area contributed by atoms with Gasteiger partial charge in [0.15, 0.2) is 0 Å². The first-order valence-corrected chi connectivity index (χ1v) is 8.99. The van der Waals surface area contributed by atoms with Crippen molar-refractivity contribution < 1.29 is 8.42 Å². The van der Waals surface area contributed by atoms with Gasteiger partial charge in [0.1, 0.15) is 0 Å². The van der Waals surface area contributed by atoms with Gasteiger partial charge in [0.2, 0.25) is 0 Å². The molecule has 112 valence electrons. The number of rotatable bonds is 4. The zero-order valence-corrected chi connectivity index (χ0v) is 13.3. The summed E-state index contributed by atoms with van der Waals surface area (Å²) < 4.78 is 29.3. The lowest BCUT2D eigenvalue weighted by Gasteiger charge is -2.31. The molecule has 0 heterocycles. The maximum Gasteiger partial charge on any atom is 0.279 e. The van der Waals surface area contributed by atoms with Crippen LogP contribution in [0.5, 0.6) is 0 Å². The van der Waals surface area contributed by atoms with Crippen molar-refractivity contribution in [2.75, 3.05) is 7.05 Å². The van der Waals surface area contributed by atoms with E-state index in [1.807, 2.05) is 0 Å². The largest absolute Gasteiger partial charge is 0.279 e. The fourth-order valence-corrected chi connectivity index (χ4v) is 4.86. The second kappa shape index (κ2) is 5.70. The first kappa shape index (κ1) is 15.3. The van der Waals surface area contributed by atoms with Gasteiger partial charge in [0, 0.05) is 19.1 Å². The SMILES string of the molecule is CN(C1CCCCC1)S(=O)(=O)NC1CCC(C)(C)C1. The van der Waals surface area contributed by atoms with Crippen LogP contribution >= 0.6 is 0 Å². The van der Waals surface area contributed by atoms with Crippen molar-refractivity contribution in [2.24, 2.45) is 5.41 Å². The van der Waals surface area contributed by atoms with Crippen LogP contribution in [0.1, 0.15) is 65.2 Å². The van der Waals surface area contributed by atoms with Crippen LogP contribution in [0.25, 0.3) is 0 Å². The highest BCUT2D eigenvalue weighted by atomic mass is 32.2. The number of hydrogen-bond acceptors (Lipinski definition) is 2. The Morgan fingerprint density at radius 2 is 1.74 bits per heavy atom. The van der Waals surface area contributed by atoms with Crippen molar-refractivity contribution >= 4 is 10.2 Å². The van der Waals surface area contributed by atoms with E-state index >= 15 is 0 Å². The van der Waals surface area contributed by atoms with Gasteiger partial charge in [-0.25, -0.2) is 0 Å². The molecule has 2 aliphatic rings. The second-order valence-electron chi connectivity index (χ2n) is 7.03. The van der Waals surface area contributed by atoms with Crippen LogP contribution in [0.4, 0.5) is 0 Å². The van der Waals surface area contributed by atoms with Crippen LogP contribution in [0.3, 0.4) is 0 Å². The van der Waals surface area contributed by atoms with Gasteiger partial charge < -0.3 is 0 Å². The number of nitrogens with zero attached hydrogens (tertiary/aromatic N) is 1. The van der Waals surface area contributed by atoms with Crippen LogP contribution in [-0.4, -0.2) is 31.9 Å². The molecule has 0 bridgehead atoms. The molecule has 2 saturated carbocycles. The Labute approximate surface area is 118 Å². The summed E-state index contributed by atoms with van der Waals surface area (Å²) >= 11 is 0. The highest BCUT2D eigenvalue weighted by Crippen LogP contribution is 2.37.